The molecule has 0 saturated carbocycles. The fourth-order valence-electron chi connectivity index (χ4n) is 3.23. The quantitative estimate of drug-likeness (QED) is 0.704. The average Bonchev–Trinajstić information content (AvgIpc) is 2.72. The maximum Gasteiger partial charge on any atom is 0.256 e. The van der Waals surface area contributed by atoms with Gasteiger partial charge in [0.15, 0.2) is 0 Å². The first kappa shape index (κ1) is 21.0. The van der Waals surface area contributed by atoms with Crippen LogP contribution in [0.4, 0.5) is 0 Å². The van der Waals surface area contributed by atoms with Crippen LogP contribution in [0.25, 0.3) is 0 Å². The van der Waals surface area contributed by atoms with E-state index in [2.05, 4.69) is 10.3 Å². The van der Waals surface area contributed by atoms with Gasteiger partial charge in [0, 0.05) is 30.9 Å². The minimum atomic E-state index is -0.208. The van der Waals surface area contributed by atoms with Crippen molar-refractivity contribution in [1.29, 1.82) is 0 Å². The SMILES string of the molecule is CSc1ncccc1C(=O)N1CCC(CNC(=O)c2ccc(Cl)cc2Cl)CC1. The summed E-state index contributed by atoms with van der Waals surface area (Å²) in [4.78, 5) is 31.2. The summed E-state index contributed by atoms with van der Waals surface area (Å²) in [5.74, 6) is 0.140. The van der Waals surface area contributed by atoms with Crippen molar-refractivity contribution in [3.8, 4) is 0 Å². The topological polar surface area (TPSA) is 62.3 Å². The number of nitrogens with one attached hydrogen (secondary N) is 1. The second kappa shape index (κ2) is 9.63. The molecule has 0 radical (unpaired) electrons. The summed E-state index contributed by atoms with van der Waals surface area (Å²) >= 11 is 13.4. The number of hydrogen-bond acceptors (Lipinski definition) is 4. The molecule has 1 aliphatic heterocycles. The van der Waals surface area contributed by atoms with Crippen molar-refractivity contribution in [3.05, 3.63) is 57.7 Å². The average molecular weight is 438 g/mol. The smallest absolute Gasteiger partial charge is 0.256 e. The Morgan fingerprint density at radius 1 is 1.21 bits per heavy atom. The van der Waals surface area contributed by atoms with Gasteiger partial charge in [-0.1, -0.05) is 23.2 Å². The second-order valence-electron chi connectivity index (χ2n) is 6.63. The highest BCUT2D eigenvalue weighted by atomic mass is 35.5. The maximum atomic E-state index is 12.8. The Balaban J connectivity index is 1.51. The Morgan fingerprint density at radius 2 is 1.96 bits per heavy atom. The summed E-state index contributed by atoms with van der Waals surface area (Å²) in [5, 5.41) is 4.53. The number of nitrogens with zero attached hydrogens (tertiary/aromatic N) is 2. The van der Waals surface area contributed by atoms with Crippen molar-refractivity contribution in [1.82, 2.24) is 15.2 Å². The summed E-state index contributed by atoms with van der Waals surface area (Å²) in [5.41, 5.74) is 1.07. The molecule has 5 nitrogen and oxygen atoms in total. The minimum Gasteiger partial charge on any atom is -0.352 e. The van der Waals surface area contributed by atoms with Gasteiger partial charge < -0.3 is 10.2 Å². The Kier molecular flexibility index (Phi) is 7.21. The zero-order valence-corrected chi connectivity index (χ0v) is 17.8. The van der Waals surface area contributed by atoms with Crippen LogP contribution in [-0.4, -0.2) is 47.6 Å². The summed E-state index contributed by atoms with van der Waals surface area (Å²) < 4.78 is 0. The van der Waals surface area contributed by atoms with E-state index in [0.29, 0.717) is 46.7 Å². The molecule has 1 aliphatic rings. The van der Waals surface area contributed by atoms with E-state index in [1.54, 1.807) is 30.5 Å². The highest BCUT2D eigenvalue weighted by molar-refractivity contribution is 7.98. The number of likely N-dealkylation sites (tertiary alicyclic amines) is 1. The van der Waals surface area contributed by atoms with Crippen molar-refractivity contribution in [2.24, 2.45) is 5.92 Å². The fourth-order valence-corrected chi connectivity index (χ4v) is 4.27. The van der Waals surface area contributed by atoms with Crippen LogP contribution >= 0.6 is 35.0 Å². The Labute approximate surface area is 178 Å². The van der Waals surface area contributed by atoms with E-state index < -0.39 is 0 Å². The zero-order valence-electron chi connectivity index (χ0n) is 15.5. The first-order valence-electron chi connectivity index (χ1n) is 9.01. The van der Waals surface area contributed by atoms with Crippen LogP contribution < -0.4 is 5.32 Å². The van der Waals surface area contributed by atoms with Gasteiger partial charge in [-0.25, -0.2) is 4.98 Å². The van der Waals surface area contributed by atoms with Gasteiger partial charge >= 0.3 is 0 Å². The molecule has 0 unspecified atom stereocenters. The number of carbonyl (C=O) groups excluding carboxylic acids is 2. The molecule has 2 heterocycles. The van der Waals surface area contributed by atoms with Crippen molar-refractivity contribution >= 4 is 46.8 Å². The number of aromatic nitrogens is 1. The molecule has 1 saturated heterocycles. The molecule has 0 spiro atoms. The molecule has 1 aromatic heterocycles. The predicted octanol–water partition coefficient (Wildman–Crippen LogP) is 4.39. The molecule has 2 aromatic rings. The van der Waals surface area contributed by atoms with Gasteiger partial charge in [-0.3, -0.25) is 9.59 Å². The third kappa shape index (κ3) is 4.99. The molecule has 28 heavy (non-hydrogen) atoms. The number of piperidine rings is 1. The van der Waals surface area contributed by atoms with Crippen LogP contribution in [0.1, 0.15) is 33.6 Å². The highest BCUT2D eigenvalue weighted by Gasteiger charge is 2.25. The van der Waals surface area contributed by atoms with Gasteiger partial charge in [-0.2, -0.15) is 0 Å². The van der Waals surface area contributed by atoms with Crippen molar-refractivity contribution in [2.75, 3.05) is 25.9 Å². The minimum absolute atomic E-state index is 0.0212. The molecule has 1 fully saturated rings. The fraction of sp³-hybridized carbons (Fsp3) is 0.350. The van der Waals surface area contributed by atoms with Gasteiger partial charge in [-0.15, -0.1) is 11.8 Å². The molecule has 1 N–H and O–H groups in total. The lowest BCUT2D eigenvalue weighted by molar-refractivity contribution is 0.0680. The van der Waals surface area contributed by atoms with Crippen molar-refractivity contribution in [2.45, 2.75) is 17.9 Å². The first-order chi connectivity index (χ1) is 13.5. The van der Waals surface area contributed by atoms with E-state index >= 15 is 0 Å². The van der Waals surface area contributed by atoms with Crippen LogP contribution in [-0.2, 0) is 0 Å². The van der Waals surface area contributed by atoms with E-state index in [1.807, 2.05) is 17.2 Å². The number of halogens is 2. The Hall–Kier alpha value is -1.76. The van der Waals surface area contributed by atoms with Crippen LogP contribution in [0.5, 0.6) is 0 Å². The molecule has 2 amide bonds. The Morgan fingerprint density at radius 3 is 2.64 bits per heavy atom. The van der Waals surface area contributed by atoms with Gasteiger partial charge in [-0.05, 0) is 55.3 Å². The number of pyridine rings is 1. The van der Waals surface area contributed by atoms with Crippen LogP contribution in [0, 0.1) is 5.92 Å². The molecule has 1 aromatic carbocycles. The summed E-state index contributed by atoms with van der Waals surface area (Å²) in [6, 6.07) is 8.44. The van der Waals surface area contributed by atoms with Gasteiger partial charge in [0.2, 0.25) is 0 Å². The lowest BCUT2D eigenvalue weighted by Gasteiger charge is -2.32. The maximum absolute atomic E-state index is 12.8. The first-order valence-corrected chi connectivity index (χ1v) is 11.0. The second-order valence-corrected chi connectivity index (χ2v) is 8.27. The highest BCUT2D eigenvalue weighted by Crippen LogP contribution is 2.24. The predicted molar refractivity (Wildman–Crippen MR) is 113 cm³/mol. The normalized spacial score (nSPS) is 14.8. The van der Waals surface area contributed by atoms with E-state index in [9.17, 15) is 9.59 Å². The monoisotopic (exact) mass is 437 g/mol. The number of thioether (sulfide) groups is 1. The number of rotatable bonds is 5. The molecular formula is C20H21Cl2N3O2S. The van der Waals surface area contributed by atoms with Crippen molar-refractivity contribution < 1.29 is 9.59 Å². The lowest BCUT2D eigenvalue weighted by atomic mass is 9.96. The third-order valence-electron chi connectivity index (χ3n) is 4.82. The van der Waals surface area contributed by atoms with Gasteiger partial charge in [0.05, 0.1) is 16.1 Å². The van der Waals surface area contributed by atoms with Gasteiger partial charge in [0.1, 0.15) is 5.03 Å². The third-order valence-corrected chi connectivity index (χ3v) is 6.08. The summed E-state index contributed by atoms with van der Waals surface area (Å²) in [6.45, 7) is 1.90. The number of amides is 2. The van der Waals surface area contributed by atoms with E-state index in [0.717, 1.165) is 17.9 Å². The van der Waals surface area contributed by atoms with E-state index in [-0.39, 0.29) is 11.8 Å². The molecule has 8 heteroatoms. The van der Waals surface area contributed by atoms with E-state index in [1.165, 1.54) is 11.8 Å². The number of carbonyl (C=O) groups is 2. The van der Waals surface area contributed by atoms with Crippen LogP contribution in [0.2, 0.25) is 10.0 Å². The van der Waals surface area contributed by atoms with Crippen LogP contribution in [0.3, 0.4) is 0 Å². The lowest BCUT2D eigenvalue weighted by Crippen LogP contribution is -2.41. The molecule has 0 atom stereocenters. The van der Waals surface area contributed by atoms with Crippen LogP contribution in [0.15, 0.2) is 41.6 Å². The number of hydrogen-bond donors (Lipinski definition) is 1. The molecule has 148 valence electrons. The summed E-state index contributed by atoms with van der Waals surface area (Å²) in [6.07, 6.45) is 5.30. The molecule has 3 rings (SSSR count). The van der Waals surface area contributed by atoms with Gasteiger partial charge in [0.25, 0.3) is 11.8 Å². The molecule has 0 aliphatic carbocycles. The Bertz CT molecular complexity index is 870. The zero-order chi connectivity index (χ0) is 20.1. The van der Waals surface area contributed by atoms with E-state index in [4.69, 9.17) is 23.2 Å². The largest absolute Gasteiger partial charge is 0.352 e. The summed E-state index contributed by atoms with van der Waals surface area (Å²) in [7, 11) is 0. The van der Waals surface area contributed by atoms with Crippen molar-refractivity contribution in [3.63, 3.8) is 0 Å². The standard InChI is InChI=1S/C20H21Cl2N3O2S/c1-28-19-16(3-2-8-23-19)20(27)25-9-6-13(7-10-25)12-24-18(26)15-5-4-14(21)11-17(15)22/h2-5,8,11,13H,6-7,9-10,12H2,1H3,(H,24,26). The number of benzene rings is 1. The molecule has 0 bridgehead atoms. The molecular weight excluding hydrogens is 417 g/mol.